The van der Waals surface area contributed by atoms with Gasteiger partial charge in [-0.3, -0.25) is 24.1 Å². The monoisotopic (exact) mass is 646 g/mol. The number of carbonyl (C=O) groups excluding carboxylic acids is 4. The van der Waals surface area contributed by atoms with Crippen molar-refractivity contribution in [1.29, 1.82) is 0 Å². The molecule has 226 valence electrons. The first-order chi connectivity index (χ1) is 20.1. The lowest BCUT2D eigenvalue weighted by Gasteiger charge is -2.50. The van der Waals surface area contributed by atoms with Crippen LogP contribution in [-0.4, -0.2) is 49.9 Å². The van der Waals surface area contributed by atoms with Crippen molar-refractivity contribution in [3.05, 3.63) is 70.3 Å². The number of alkyl halides is 2. The first-order valence-electron chi connectivity index (χ1n) is 12.9. The summed E-state index contributed by atoms with van der Waals surface area (Å²) in [5, 5.41) is 9.79. The number of aromatic hydroxyl groups is 1. The number of carbonyl (C=O) groups is 4. The van der Waals surface area contributed by atoms with Gasteiger partial charge in [-0.2, -0.15) is 0 Å². The number of fused-ring (bicyclic) bond motifs is 4. The number of likely N-dealkylation sites (tertiary alicyclic amines) is 1. The number of rotatable bonds is 3. The van der Waals surface area contributed by atoms with Crippen LogP contribution in [-0.2, 0) is 19.2 Å². The maximum absolute atomic E-state index is 15.0. The Kier molecular flexibility index (Phi) is 6.49. The molecule has 6 rings (SSSR count). The van der Waals surface area contributed by atoms with Crippen LogP contribution in [0, 0.1) is 52.7 Å². The molecule has 0 radical (unpaired) electrons. The van der Waals surface area contributed by atoms with E-state index >= 15 is 0 Å². The quantitative estimate of drug-likeness (QED) is 0.129. The molecule has 4 amide bonds. The summed E-state index contributed by atoms with van der Waals surface area (Å²) in [6.07, 6.45) is 0.806. The number of halogens is 8. The zero-order valence-corrected chi connectivity index (χ0v) is 23.3. The molecule has 1 N–H and O–H groups in total. The van der Waals surface area contributed by atoms with Gasteiger partial charge in [-0.25, -0.2) is 31.2 Å². The third kappa shape index (κ3) is 3.51. The number of anilines is 1. The molecule has 2 aliphatic carbocycles. The number of benzene rings is 2. The minimum atomic E-state index is -2.76. The van der Waals surface area contributed by atoms with E-state index in [9.17, 15) is 50.6 Å². The number of nitrogens with zero attached hydrogens (tertiary/aromatic N) is 2. The molecule has 1 saturated carbocycles. The van der Waals surface area contributed by atoms with E-state index < -0.39 is 110 Å². The van der Waals surface area contributed by atoms with Gasteiger partial charge in [0, 0.05) is 12.5 Å². The fourth-order valence-corrected chi connectivity index (χ4v) is 7.96. The van der Waals surface area contributed by atoms with Crippen LogP contribution in [0.15, 0.2) is 29.8 Å². The molecular formula is C28H18Cl2F6N2O5. The summed E-state index contributed by atoms with van der Waals surface area (Å²) in [4.78, 5) is 49.7. The van der Waals surface area contributed by atoms with Crippen LogP contribution in [0.1, 0.15) is 31.2 Å². The molecule has 2 heterocycles. The second-order valence-corrected chi connectivity index (χ2v) is 12.1. The molecule has 43 heavy (non-hydrogen) atoms. The van der Waals surface area contributed by atoms with Crippen LogP contribution >= 0.6 is 23.2 Å². The van der Waals surface area contributed by atoms with Gasteiger partial charge in [0.15, 0.2) is 44.6 Å². The van der Waals surface area contributed by atoms with Crippen molar-refractivity contribution in [3.63, 3.8) is 0 Å². The Hall–Kier alpha value is -3.58. The average molecular weight is 647 g/mol. The van der Waals surface area contributed by atoms with E-state index in [-0.39, 0.29) is 29.0 Å². The molecule has 2 saturated heterocycles. The van der Waals surface area contributed by atoms with Gasteiger partial charge in [-0.15, -0.1) is 23.2 Å². The lowest BCUT2D eigenvalue weighted by molar-refractivity contribution is -0.140. The highest BCUT2D eigenvalue weighted by Gasteiger charge is 2.77. The van der Waals surface area contributed by atoms with Crippen LogP contribution in [0.3, 0.4) is 0 Å². The normalized spacial score (nSPS) is 31.8. The molecule has 0 bridgehead atoms. The summed E-state index contributed by atoms with van der Waals surface area (Å²) in [5.74, 6) is -23.6. The summed E-state index contributed by atoms with van der Waals surface area (Å²) < 4.78 is 86.9. The summed E-state index contributed by atoms with van der Waals surface area (Å²) in [6, 6.07) is 2.82. The molecule has 6 atom stereocenters. The Bertz CT molecular complexity index is 1690. The van der Waals surface area contributed by atoms with Crippen molar-refractivity contribution in [2.24, 2.45) is 17.8 Å². The van der Waals surface area contributed by atoms with Gasteiger partial charge in [0.05, 0.1) is 11.8 Å². The van der Waals surface area contributed by atoms with E-state index in [1.54, 1.807) is 6.92 Å². The van der Waals surface area contributed by atoms with Crippen LogP contribution < -0.4 is 4.90 Å². The van der Waals surface area contributed by atoms with Gasteiger partial charge in [0.1, 0.15) is 5.69 Å². The van der Waals surface area contributed by atoms with Crippen LogP contribution in [0.2, 0.25) is 0 Å². The van der Waals surface area contributed by atoms with Gasteiger partial charge in [-0.05, 0) is 43.4 Å². The van der Waals surface area contributed by atoms with E-state index in [0.717, 1.165) is 23.1 Å². The number of phenolic OH excluding ortho intramolecular Hbond substituents is 1. The minimum absolute atomic E-state index is 0.0240. The van der Waals surface area contributed by atoms with Crippen LogP contribution in [0.5, 0.6) is 5.75 Å². The number of hydrogen-bond acceptors (Lipinski definition) is 5. The van der Waals surface area contributed by atoms with Crippen molar-refractivity contribution in [2.75, 3.05) is 11.4 Å². The SMILES string of the molecule is CCN1C(=O)[C@H]2[C@H](CC=C3[C@H]2C[C@@]2(Cl)C(=O)N(c4c(F)c(F)c(F)c(F)c4F)C(=O)[C@@]2(Cl)[C@H]3c2ccc(O)c(F)c2)C1=O. The molecule has 2 aromatic rings. The highest BCUT2D eigenvalue weighted by Crippen LogP contribution is 2.66. The Morgan fingerprint density at radius 3 is 2.07 bits per heavy atom. The Morgan fingerprint density at radius 2 is 1.49 bits per heavy atom. The first kappa shape index (κ1) is 29.5. The molecule has 0 unspecified atom stereocenters. The average Bonchev–Trinajstić information content (AvgIpc) is 3.30. The van der Waals surface area contributed by atoms with E-state index in [0.29, 0.717) is 0 Å². The van der Waals surface area contributed by atoms with Gasteiger partial charge in [0.25, 0.3) is 11.8 Å². The second-order valence-electron chi connectivity index (χ2n) is 10.8. The maximum Gasteiger partial charge on any atom is 0.258 e. The fraction of sp³-hybridized carbons (Fsp3) is 0.357. The van der Waals surface area contributed by atoms with Crippen molar-refractivity contribution < 1.29 is 50.6 Å². The number of allylic oxidation sites excluding steroid dienone is 2. The lowest BCUT2D eigenvalue weighted by Crippen LogP contribution is -2.60. The third-order valence-corrected chi connectivity index (χ3v) is 10.3. The smallest absolute Gasteiger partial charge is 0.258 e. The van der Waals surface area contributed by atoms with Crippen LogP contribution in [0.25, 0.3) is 0 Å². The van der Waals surface area contributed by atoms with Crippen LogP contribution in [0.4, 0.5) is 32.0 Å². The van der Waals surface area contributed by atoms with Crippen molar-refractivity contribution >= 4 is 52.5 Å². The Labute approximate surface area is 248 Å². The Morgan fingerprint density at radius 1 is 0.884 bits per heavy atom. The molecule has 2 aromatic carbocycles. The topological polar surface area (TPSA) is 95.0 Å². The number of amides is 4. The number of hydrogen-bond donors (Lipinski definition) is 1. The molecule has 0 aromatic heterocycles. The summed E-state index contributed by atoms with van der Waals surface area (Å²) in [5.41, 5.74) is -1.89. The van der Waals surface area contributed by atoms with Crippen molar-refractivity contribution in [1.82, 2.24) is 4.90 Å². The lowest BCUT2D eigenvalue weighted by atomic mass is 9.56. The second kappa shape index (κ2) is 9.46. The third-order valence-electron chi connectivity index (χ3n) is 8.93. The van der Waals surface area contributed by atoms with Gasteiger partial charge >= 0.3 is 0 Å². The maximum atomic E-state index is 15.0. The molecule has 7 nitrogen and oxygen atoms in total. The Balaban J connectivity index is 1.61. The minimum Gasteiger partial charge on any atom is -0.505 e. The summed E-state index contributed by atoms with van der Waals surface area (Å²) in [6.45, 7) is 1.59. The summed E-state index contributed by atoms with van der Waals surface area (Å²) >= 11 is 13.8. The van der Waals surface area contributed by atoms with Crippen molar-refractivity contribution in [3.8, 4) is 5.75 Å². The van der Waals surface area contributed by atoms with Gasteiger partial charge < -0.3 is 5.11 Å². The largest absolute Gasteiger partial charge is 0.505 e. The predicted octanol–water partition coefficient (Wildman–Crippen LogP) is 4.81. The number of phenols is 1. The van der Waals surface area contributed by atoms with E-state index in [2.05, 4.69) is 0 Å². The standard InChI is InChI=1S/C28H18Cl2F6N2O5/c1-2-37-23(40)11-5-4-10-12(15(11)24(37)41)8-27(29)25(42)38(22-20(35)18(33)17(32)19(34)21(22)36)26(43)28(27,30)16(10)9-3-6-14(39)13(31)7-9/h3-4,6-7,11-12,15-16,39H,2,5,8H2,1H3/t11-,12+,15-,16-,27+,28-/m0/s1. The molecule has 0 spiro atoms. The molecule has 15 heteroatoms. The molecule has 4 aliphatic rings. The fourth-order valence-electron chi connectivity index (χ4n) is 7.02. The molecule has 2 aliphatic heterocycles. The highest BCUT2D eigenvalue weighted by atomic mass is 35.5. The zero-order chi connectivity index (χ0) is 31.5. The molecular weight excluding hydrogens is 629 g/mol. The zero-order valence-electron chi connectivity index (χ0n) is 21.7. The van der Waals surface area contributed by atoms with E-state index in [4.69, 9.17) is 23.2 Å². The highest BCUT2D eigenvalue weighted by molar-refractivity contribution is 6.58. The van der Waals surface area contributed by atoms with E-state index in [1.807, 2.05) is 0 Å². The predicted molar refractivity (Wildman–Crippen MR) is 137 cm³/mol. The van der Waals surface area contributed by atoms with Crippen molar-refractivity contribution in [2.45, 2.75) is 35.4 Å². The first-order valence-corrected chi connectivity index (χ1v) is 13.7. The number of imide groups is 2. The van der Waals surface area contributed by atoms with E-state index in [1.165, 1.54) is 6.08 Å². The molecule has 3 fully saturated rings. The van der Waals surface area contributed by atoms with Gasteiger partial charge in [0.2, 0.25) is 17.6 Å². The summed E-state index contributed by atoms with van der Waals surface area (Å²) in [7, 11) is 0. The van der Waals surface area contributed by atoms with Gasteiger partial charge in [-0.1, -0.05) is 17.7 Å².